The van der Waals surface area contributed by atoms with Gasteiger partial charge in [-0.15, -0.1) is 0 Å². The summed E-state index contributed by atoms with van der Waals surface area (Å²) in [7, 11) is 1.56. The summed E-state index contributed by atoms with van der Waals surface area (Å²) >= 11 is 0. The van der Waals surface area contributed by atoms with E-state index in [1.165, 1.54) is 0 Å². The van der Waals surface area contributed by atoms with E-state index in [9.17, 15) is 4.79 Å². The first kappa shape index (κ1) is 12.3. The number of hydrogen-bond donors (Lipinski definition) is 2. The molecule has 13 heavy (non-hydrogen) atoms. The zero-order chi connectivity index (χ0) is 9.94. The van der Waals surface area contributed by atoms with Crippen LogP contribution in [-0.2, 0) is 14.3 Å². The van der Waals surface area contributed by atoms with Crippen molar-refractivity contribution in [2.45, 2.75) is 6.42 Å². The van der Waals surface area contributed by atoms with Crippen LogP contribution in [0.25, 0.3) is 0 Å². The summed E-state index contributed by atoms with van der Waals surface area (Å²) in [6, 6.07) is 0. The Kier molecular flexibility index (Phi) is 8.97. The average molecular weight is 191 g/mol. The topological polar surface area (TPSA) is 67.8 Å². The van der Waals surface area contributed by atoms with Crippen LogP contribution >= 0.6 is 0 Å². The molecule has 0 atom stereocenters. The van der Waals surface area contributed by atoms with E-state index in [-0.39, 0.29) is 19.1 Å². The molecule has 5 heteroatoms. The van der Waals surface area contributed by atoms with Crippen molar-refractivity contribution in [3.8, 4) is 0 Å². The van der Waals surface area contributed by atoms with E-state index in [4.69, 9.17) is 14.6 Å². The van der Waals surface area contributed by atoms with Gasteiger partial charge in [-0.25, -0.2) is 0 Å². The molecule has 0 aromatic heterocycles. The highest BCUT2D eigenvalue weighted by molar-refractivity contribution is 5.76. The van der Waals surface area contributed by atoms with Crippen molar-refractivity contribution in [2.24, 2.45) is 0 Å². The lowest BCUT2D eigenvalue weighted by atomic mass is 10.5. The van der Waals surface area contributed by atoms with Gasteiger partial charge in [0.1, 0.15) is 6.61 Å². The molecule has 0 aliphatic heterocycles. The van der Waals surface area contributed by atoms with Crippen molar-refractivity contribution < 1.29 is 19.4 Å². The molecule has 0 aromatic carbocycles. The normalized spacial score (nSPS) is 10.0. The first-order valence-electron chi connectivity index (χ1n) is 4.28. The van der Waals surface area contributed by atoms with Gasteiger partial charge in [-0.2, -0.15) is 0 Å². The van der Waals surface area contributed by atoms with Crippen LogP contribution in [-0.4, -0.2) is 51.1 Å². The van der Waals surface area contributed by atoms with Crippen molar-refractivity contribution >= 4 is 5.91 Å². The molecule has 0 unspecified atom stereocenters. The van der Waals surface area contributed by atoms with Crippen LogP contribution in [0.4, 0.5) is 0 Å². The molecule has 0 rings (SSSR count). The van der Waals surface area contributed by atoms with Crippen LogP contribution in [0.2, 0.25) is 0 Å². The van der Waals surface area contributed by atoms with Crippen LogP contribution < -0.4 is 5.32 Å². The third kappa shape index (κ3) is 9.26. The van der Waals surface area contributed by atoms with Gasteiger partial charge in [-0.1, -0.05) is 0 Å². The summed E-state index contributed by atoms with van der Waals surface area (Å²) in [6.45, 7) is 1.59. The Balaban J connectivity index is 2.95. The molecule has 0 aliphatic rings. The average Bonchev–Trinajstić information content (AvgIpc) is 2.16. The van der Waals surface area contributed by atoms with Crippen LogP contribution in [0, 0.1) is 0 Å². The zero-order valence-electron chi connectivity index (χ0n) is 7.91. The number of hydrogen-bond acceptors (Lipinski definition) is 4. The zero-order valence-corrected chi connectivity index (χ0v) is 7.91. The van der Waals surface area contributed by atoms with E-state index in [1.807, 2.05) is 0 Å². The molecule has 2 N–H and O–H groups in total. The standard InChI is InChI=1S/C8H17NO4/c1-9-8(11)7-13-6-5-12-4-2-3-10/h10H,2-7H2,1H3,(H,9,11). The Labute approximate surface area is 78.0 Å². The smallest absolute Gasteiger partial charge is 0.245 e. The summed E-state index contributed by atoms with van der Waals surface area (Å²) in [5, 5.41) is 10.8. The predicted octanol–water partition coefficient (Wildman–Crippen LogP) is -0.852. The van der Waals surface area contributed by atoms with E-state index in [0.29, 0.717) is 26.2 Å². The van der Waals surface area contributed by atoms with E-state index in [1.54, 1.807) is 7.05 Å². The predicted molar refractivity (Wildman–Crippen MR) is 47.4 cm³/mol. The van der Waals surface area contributed by atoms with Crippen molar-refractivity contribution in [3.05, 3.63) is 0 Å². The van der Waals surface area contributed by atoms with Crippen LogP contribution in [0.5, 0.6) is 0 Å². The second-order valence-electron chi connectivity index (χ2n) is 2.42. The summed E-state index contributed by atoms with van der Waals surface area (Å²) in [4.78, 5) is 10.6. The van der Waals surface area contributed by atoms with Crippen molar-refractivity contribution in [1.82, 2.24) is 5.32 Å². The number of ether oxygens (including phenoxy) is 2. The molecule has 0 spiro atoms. The second kappa shape index (κ2) is 9.44. The first-order chi connectivity index (χ1) is 6.31. The van der Waals surface area contributed by atoms with Gasteiger partial charge in [0.15, 0.2) is 0 Å². The Hall–Kier alpha value is -0.650. The Bertz CT molecular complexity index is 129. The number of nitrogens with one attached hydrogen (secondary N) is 1. The molecule has 0 aliphatic carbocycles. The third-order valence-corrected chi connectivity index (χ3v) is 1.33. The lowest BCUT2D eigenvalue weighted by Gasteiger charge is -2.03. The van der Waals surface area contributed by atoms with Gasteiger partial charge in [0.05, 0.1) is 13.2 Å². The molecule has 0 aromatic rings. The molecule has 0 bridgehead atoms. The molecular formula is C8H17NO4. The number of aliphatic hydroxyl groups is 1. The molecule has 0 saturated carbocycles. The number of aliphatic hydroxyl groups excluding tert-OH is 1. The minimum Gasteiger partial charge on any atom is -0.396 e. The van der Waals surface area contributed by atoms with E-state index in [0.717, 1.165) is 0 Å². The van der Waals surface area contributed by atoms with Gasteiger partial charge in [-0.3, -0.25) is 4.79 Å². The fourth-order valence-electron chi connectivity index (χ4n) is 0.624. The van der Waals surface area contributed by atoms with Crippen LogP contribution in [0.15, 0.2) is 0 Å². The highest BCUT2D eigenvalue weighted by atomic mass is 16.5. The SMILES string of the molecule is CNC(=O)COCCOCCCO. The molecule has 5 nitrogen and oxygen atoms in total. The van der Waals surface area contributed by atoms with Crippen molar-refractivity contribution in [2.75, 3.05) is 40.1 Å². The molecule has 0 saturated heterocycles. The van der Waals surface area contributed by atoms with Crippen molar-refractivity contribution in [3.63, 3.8) is 0 Å². The molecule has 0 heterocycles. The van der Waals surface area contributed by atoms with E-state index < -0.39 is 0 Å². The molecule has 78 valence electrons. The van der Waals surface area contributed by atoms with Gasteiger partial charge in [0.2, 0.25) is 5.91 Å². The fourth-order valence-corrected chi connectivity index (χ4v) is 0.624. The quantitative estimate of drug-likeness (QED) is 0.490. The highest BCUT2D eigenvalue weighted by Crippen LogP contribution is 1.82. The van der Waals surface area contributed by atoms with Gasteiger partial charge in [0.25, 0.3) is 0 Å². The first-order valence-corrected chi connectivity index (χ1v) is 4.28. The van der Waals surface area contributed by atoms with Crippen LogP contribution in [0.3, 0.4) is 0 Å². The van der Waals surface area contributed by atoms with Crippen LogP contribution in [0.1, 0.15) is 6.42 Å². The Morgan fingerprint density at radius 2 is 2.00 bits per heavy atom. The molecular weight excluding hydrogens is 174 g/mol. The number of likely N-dealkylation sites (N-methyl/N-ethyl adjacent to an activating group) is 1. The van der Waals surface area contributed by atoms with Gasteiger partial charge in [0, 0.05) is 20.3 Å². The minimum absolute atomic E-state index is 0.0693. The Morgan fingerprint density at radius 3 is 2.62 bits per heavy atom. The second-order valence-corrected chi connectivity index (χ2v) is 2.42. The summed E-state index contributed by atoms with van der Waals surface area (Å²) in [6.07, 6.45) is 0.634. The van der Waals surface area contributed by atoms with Gasteiger partial charge < -0.3 is 19.9 Å². The van der Waals surface area contributed by atoms with Crippen molar-refractivity contribution in [1.29, 1.82) is 0 Å². The summed E-state index contributed by atoms with van der Waals surface area (Å²) < 4.78 is 10.0. The molecule has 0 radical (unpaired) electrons. The summed E-state index contributed by atoms with van der Waals surface area (Å²) in [5.41, 5.74) is 0. The number of rotatable bonds is 8. The third-order valence-electron chi connectivity index (χ3n) is 1.33. The number of carbonyl (C=O) groups excluding carboxylic acids is 1. The van der Waals surface area contributed by atoms with Gasteiger partial charge in [-0.05, 0) is 6.42 Å². The maximum absolute atomic E-state index is 10.6. The lowest BCUT2D eigenvalue weighted by Crippen LogP contribution is -2.24. The lowest BCUT2D eigenvalue weighted by molar-refractivity contribution is -0.125. The largest absolute Gasteiger partial charge is 0.396 e. The maximum Gasteiger partial charge on any atom is 0.245 e. The highest BCUT2D eigenvalue weighted by Gasteiger charge is 1.96. The monoisotopic (exact) mass is 191 g/mol. The molecule has 0 fully saturated rings. The van der Waals surface area contributed by atoms with Gasteiger partial charge >= 0.3 is 0 Å². The Morgan fingerprint density at radius 1 is 1.31 bits per heavy atom. The number of amides is 1. The maximum atomic E-state index is 10.6. The molecule has 1 amide bonds. The summed E-state index contributed by atoms with van der Waals surface area (Å²) in [5.74, 6) is -0.143. The fraction of sp³-hybridized carbons (Fsp3) is 0.875. The minimum atomic E-state index is -0.143. The number of carbonyl (C=O) groups is 1. The van der Waals surface area contributed by atoms with E-state index >= 15 is 0 Å². The van der Waals surface area contributed by atoms with E-state index in [2.05, 4.69) is 5.32 Å².